The normalized spacial score (nSPS) is 11.2. The van der Waals surface area contributed by atoms with Crippen molar-refractivity contribution in [3.05, 3.63) is 29.7 Å². The molecule has 2 heterocycles. The largest absolute Gasteiger partial charge is 0.477 e. The van der Waals surface area contributed by atoms with Crippen molar-refractivity contribution in [3.63, 3.8) is 0 Å². The van der Waals surface area contributed by atoms with Crippen LogP contribution in [0.25, 0.3) is 5.65 Å². The van der Waals surface area contributed by atoms with Crippen molar-refractivity contribution >= 4 is 11.6 Å². The molecule has 1 N–H and O–H groups in total. The van der Waals surface area contributed by atoms with Gasteiger partial charge in [0.2, 0.25) is 0 Å². The topological polar surface area (TPSA) is 67.5 Å². The zero-order valence-corrected chi connectivity index (χ0v) is 9.21. The van der Waals surface area contributed by atoms with Gasteiger partial charge in [-0.05, 0) is 30.0 Å². The number of nitrogens with zero attached hydrogens (tertiary/aromatic N) is 3. The quantitative estimate of drug-likeness (QED) is 0.851. The van der Waals surface area contributed by atoms with Crippen LogP contribution >= 0.6 is 0 Å². The molecule has 0 unspecified atom stereocenters. The zero-order chi connectivity index (χ0) is 11.7. The van der Waals surface area contributed by atoms with Crippen LogP contribution in [0.3, 0.4) is 0 Å². The van der Waals surface area contributed by atoms with Crippen molar-refractivity contribution < 1.29 is 9.90 Å². The first kappa shape index (κ1) is 10.6. The molecule has 2 aromatic heterocycles. The number of carbonyl (C=O) groups is 1. The fraction of sp³-hybridized carbons (Fsp3) is 0.364. The molecule has 16 heavy (non-hydrogen) atoms. The van der Waals surface area contributed by atoms with Crippen LogP contribution in [0.15, 0.2) is 18.5 Å². The first-order valence-corrected chi connectivity index (χ1v) is 5.14. The molecule has 0 atom stereocenters. The lowest BCUT2D eigenvalue weighted by Crippen LogP contribution is -2.08. The van der Waals surface area contributed by atoms with Crippen molar-refractivity contribution in [1.29, 1.82) is 0 Å². The Balaban J connectivity index is 2.57. The van der Waals surface area contributed by atoms with E-state index in [0.29, 0.717) is 11.6 Å². The van der Waals surface area contributed by atoms with Gasteiger partial charge in [0, 0.05) is 0 Å². The number of carboxylic acids is 1. The Labute approximate surface area is 92.7 Å². The summed E-state index contributed by atoms with van der Waals surface area (Å²) in [6.45, 7) is 4.18. The van der Waals surface area contributed by atoms with Crippen LogP contribution in [0, 0.1) is 5.92 Å². The predicted octanol–water partition coefficient (Wildman–Crippen LogP) is 1.63. The van der Waals surface area contributed by atoms with Gasteiger partial charge >= 0.3 is 5.97 Å². The van der Waals surface area contributed by atoms with E-state index in [2.05, 4.69) is 23.9 Å². The Morgan fingerprint density at radius 3 is 2.88 bits per heavy atom. The van der Waals surface area contributed by atoms with E-state index in [-0.39, 0.29) is 5.69 Å². The highest BCUT2D eigenvalue weighted by atomic mass is 16.4. The minimum atomic E-state index is -0.985. The van der Waals surface area contributed by atoms with Crippen LogP contribution in [-0.2, 0) is 6.42 Å². The van der Waals surface area contributed by atoms with E-state index in [0.717, 1.165) is 12.0 Å². The van der Waals surface area contributed by atoms with Crippen LogP contribution in [0.1, 0.15) is 29.9 Å². The highest BCUT2D eigenvalue weighted by molar-refractivity contribution is 5.86. The number of rotatable bonds is 3. The summed E-state index contributed by atoms with van der Waals surface area (Å²) < 4.78 is 1.34. The van der Waals surface area contributed by atoms with Gasteiger partial charge < -0.3 is 5.11 Å². The first-order valence-electron chi connectivity index (χ1n) is 5.14. The molecule has 0 saturated carbocycles. The maximum Gasteiger partial charge on any atom is 0.354 e. The summed E-state index contributed by atoms with van der Waals surface area (Å²) in [7, 11) is 0. The van der Waals surface area contributed by atoms with E-state index >= 15 is 0 Å². The van der Waals surface area contributed by atoms with E-state index in [9.17, 15) is 4.79 Å². The molecule has 84 valence electrons. The van der Waals surface area contributed by atoms with Crippen molar-refractivity contribution in [2.24, 2.45) is 5.92 Å². The van der Waals surface area contributed by atoms with Gasteiger partial charge in [-0.25, -0.2) is 14.3 Å². The summed E-state index contributed by atoms with van der Waals surface area (Å²) in [5, 5.41) is 13.0. The third kappa shape index (κ3) is 1.88. The van der Waals surface area contributed by atoms with Crippen LogP contribution in [0.5, 0.6) is 0 Å². The second-order valence-corrected chi connectivity index (χ2v) is 4.18. The number of pyridine rings is 1. The molecule has 0 radical (unpaired) electrons. The molecular formula is C11H13N3O2. The highest BCUT2D eigenvalue weighted by Gasteiger charge is 2.12. The summed E-state index contributed by atoms with van der Waals surface area (Å²) in [5.41, 5.74) is 1.72. The molecule has 5 nitrogen and oxygen atoms in total. The lowest BCUT2D eigenvalue weighted by molar-refractivity contribution is 0.0687. The third-order valence-electron chi connectivity index (χ3n) is 2.30. The van der Waals surface area contributed by atoms with Gasteiger partial charge in [-0.1, -0.05) is 13.8 Å². The number of aromatic carboxylic acids is 1. The number of hydrogen-bond donors (Lipinski definition) is 1. The average Bonchev–Trinajstić information content (AvgIpc) is 2.62. The van der Waals surface area contributed by atoms with Gasteiger partial charge in [-0.2, -0.15) is 5.10 Å². The summed E-state index contributed by atoms with van der Waals surface area (Å²) >= 11 is 0. The highest BCUT2D eigenvalue weighted by Crippen LogP contribution is 2.13. The van der Waals surface area contributed by atoms with Crippen molar-refractivity contribution in [3.8, 4) is 0 Å². The Hall–Kier alpha value is -1.91. The van der Waals surface area contributed by atoms with Crippen molar-refractivity contribution in [2.45, 2.75) is 20.3 Å². The molecule has 0 amide bonds. The number of hydrogen-bond acceptors (Lipinski definition) is 3. The number of fused-ring (bicyclic) bond motifs is 1. The summed E-state index contributed by atoms with van der Waals surface area (Å²) in [6.07, 6.45) is 2.20. The van der Waals surface area contributed by atoms with E-state index in [1.54, 1.807) is 6.07 Å². The molecule has 0 fully saturated rings. The SMILES string of the molecule is CC(C)Cc1cc(C(=O)O)n2ncnc2c1. The maximum atomic E-state index is 11.1. The van der Waals surface area contributed by atoms with Crippen LogP contribution in [-0.4, -0.2) is 25.7 Å². The summed E-state index contributed by atoms with van der Waals surface area (Å²) in [5.74, 6) is -0.506. The summed E-state index contributed by atoms with van der Waals surface area (Å²) in [4.78, 5) is 15.1. The second kappa shape index (κ2) is 3.92. The molecular weight excluding hydrogens is 206 g/mol. The van der Waals surface area contributed by atoms with Crippen molar-refractivity contribution in [2.75, 3.05) is 0 Å². The monoisotopic (exact) mass is 219 g/mol. The van der Waals surface area contributed by atoms with Gasteiger partial charge in [0.05, 0.1) is 0 Å². The molecule has 2 aromatic rings. The van der Waals surface area contributed by atoms with Gasteiger partial charge in [-0.15, -0.1) is 0 Å². The lowest BCUT2D eigenvalue weighted by atomic mass is 10.0. The predicted molar refractivity (Wildman–Crippen MR) is 58.5 cm³/mol. The number of carboxylic acid groups (broad SMARTS) is 1. The molecule has 0 saturated heterocycles. The van der Waals surface area contributed by atoms with Gasteiger partial charge in [0.25, 0.3) is 0 Å². The van der Waals surface area contributed by atoms with E-state index in [1.165, 1.54) is 10.8 Å². The molecule has 2 rings (SSSR count). The second-order valence-electron chi connectivity index (χ2n) is 4.18. The van der Waals surface area contributed by atoms with E-state index in [4.69, 9.17) is 5.11 Å². The molecule has 0 aromatic carbocycles. The molecule has 0 aliphatic carbocycles. The molecule has 0 aliphatic heterocycles. The Bertz CT molecular complexity index is 531. The average molecular weight is 219 g/mol. The fourth-order valence-electron chi connectivity index (χ4n) is 1.72. The minimum absolute atomic E-state index is 0.158. The minimum Gasteiger partial charge on any atom is -0.477 e. The summed E-state index contributed by atoms with van der Waals surface area (Å²) in [6, 6.07) is 3.53. The molecule has 5 heteroatoms. The van der Waals surface area contributed by atoms with Crippen LogP contribution in [0.2, 0.25) is 0 Å². The van der Waals surface area contributed by atoms with Gasteiger partial charge in [0.15, 0.2) is 11.3 Å². The Morgan fingerprint density at radius 1 is 1.50 bits per heavy atom. The third-order valence-corrected chi connectivity index (χ3v) is 2.30. The molecule has 0 bridgehead atoms. The van der Waals surface area contributed by atoms with E-state index < -0.39 is 5.97 Å². The molecule has 0 spiro atoms. The van der Waals surface area contributed by atoms with Crippen LogP contribution < -0.4 is 0 Å². The van der Waals surface area contributed by atoms with Gasteiger partial charge in [-0.3, -0.25) is 0 Å². The Kier molecular flexibility index (Phi) is 2.60. The smallest absolute Gasteiger partial charge is 0.354 e. The Morgan fingerprint density at radius 2 is 2.25 bits per heavy atom. The van der Waals surface area contributed by atoms with Crippen molar-refractivity contribution in [1.82, 2.24) is 14.6 Å². The fourth-order valence-corrected chi connectivity index (χ4v) is 1.72. The molecule has 0 aliphatic rings. The van der Waals surface area contributed by atoms with E-state index in [1.807, 2.05) is 6.07 Å². The van der Waals surface area contributed by atoms with Gasteiger partial charge in [0.1, 0.15) is 6.33 Å². The zero-order valence-electron chi connectivity index (χ0n) is 9.21. The van der Waals surface area contributed by atoms with Crippen LogP contribution in [0.4, 0.5) is 0 Å². The lowest BCUT2D eigenvalue weighted by Gasteiger charge is -2.07. The standard InChI is InChI=1S/C11H13N3O2/c1-7(2)3-8-4-9(11(15)16)14-10(5-8)12-6-13-14/h4-7H,3H2,1-2H3,(H,15,16). The maximum absolute atomic E-state index is 11.1. The number of aromatic nitrogens is 3. The first-order chi connectivity index (χ1) is 7.58.